The molecule has 0 aromatic carbocycles. The Bertz CT molecular complexity index is 119. The minimum atomic E-state index is -2.96. The lowest BCUT2D eigenvalue weighted by Gasteiger charge is -2.23. The largest absolute Gasteiger partial charge is 0.356 e. The highest BCUT2D eigenvalue weighted by atomic mass is 28.1. The predicted molar refractivity (Wildman–Crippen MR) is 42.4 cm³/mol. The number of hydrogen-bond donors (Lipinski definition) is 0. The van der Waals surface area contributed by atoms with Crippen molar-refractivity contribution in [2.24, 2.45) is 0 Å². The summed E-state index contributed by atoms with van der Waals surface area (Å²) in [6.07, 6.45) is -5.97. The molecular formula is C6H13F3O2Si. The third-order valence-electron chi connectivity index (χ3n) is 1.64. The smallest absolute Gasteiger partial charge is 0.269 e. The van der Waals surface area contributed by atoms with Gasteiger partial charge in [-0.1, -0.05) is 0 Å². The number of rotatable bonds is 5. The summed E-state index contributed by atoms with van der Waals surface area (Å²) in [5.74, 6) is 0. The topological polar surface area (TPSA) is 18.5 Å². The third-order valence-corrected chi connectivity index (χ3v) is 2.82. The van der Waals surface area contributed by atoms with Gasteiger partial charge in [0.1, 0.15) is 0 Å². The van der Waals surface area contributed by atoms with Crippen LogP contribution in [0.15, 0.2) is 0 Å². The number of alkyl halides is 3. The molecule has 12 heavy (non-hydrogen) atoms. The van der Waals surface area contributed by atoms with Crippen LogP contribution in [0.4, 0.5) is 13.2 Å². The second-order valence-electron chi connectivity index (χ2n) is 2.48. The van der Waals surface area contributed by atoms with Crippen LogP contribution >= 0.6 is 0 Å². The molecule has 0 aliphatic carbocycles. The molecule has 0 aromatic rings. The molecule has 0 fully saturated rings. The normalized spacial score (nSPS) is 17.2. The van der Waals surface area contributed by atoms with Crippen molar-refractivity contribution in [1.82, 2.24) is 0 Å². The summed E-state index contributed by atoms with van der Waals surface area (Å²) < 4.78 is 45.7. The SMILES string of the molecule is COC(OC)C([SiH3])C(F)C(F)F. The van der Waals surface area contributed by atoms with E-state index in [2.05, 4.69) is 9.47 Å². The highest BCUT2D eigenvalue weighted by Crippen LogP contribution is 2.23. The fourth-order valence-electron chi connectivity index (χ4n) is 0.905. The van der Waals surface area contributed by atoms with Gasteiger partial charge in [-0.25, -0.2) is 13.2 Å². The average Bonchev–Trinajstić information content (AvgIpc) is 2.05. The number of methoxy groups -OCH3 is 2. The first-order valence-electron chi connectivity index (χ1n) is 3.52. The molecule has 2 unspecified atom stereocenters. The van der Waals surface area contributed by atoms with E-state index in [1.54, 1.807) is 0 Å². The van der Waals surface area contributed by atoms with Crippen molar-refractivity contribution in [3.8, 4) is 0 Å². The third kappa shape index (κ3) is 3.12. The Morgan fingerprint density at radius 1 is 1.08 bits per heavy atom. The van der Waals surface area contributed by atoms with E-state index in [1.165, 1.54) is 14.2 Å². The molecule has 0 aromatic heterocycles. The van der Waals surface area contributed by atoms with Crippen LogP contribution in [0.25, 0.3) is 0 Å². The van der Waals surface area contributed by atoms with Gasteiger partial charge in [0.25, 0.3) is 6.43 Å². The second-order valence-corrected chi connectivity index (χ2v) is 3.81. The van der Waals surface area contributed by atoms with Crippen molar-refractivity contribution < 1.29 is 22.6 Å². The monoisotopic (exact) mass is 202 g/mol. The van der Waals surface area contributed by atoms with E-state index < -0.39 is 24.4 Å². The van der Waals surface area contributed by atoms with E-state index in [0.29, 0.717) is 0 Å². The second kappa shape index (κ2) is 5.55. The summed E-state index contributed by atoms with van der Waals surface area (Å²) >= 11 is 0. The van der Waals surface area contributed by atoms with Gasteiger partial charge in [-0.15, -0.1) is 0 Å². The van der Waals surface area contributed by atoms with Gasteiger partial charge in [0.15, 0.2) is 12.5 Å². The lowest BCUT2D eigenvalue weighted by atomic mass is 10.2. The molecule has 0 saturated carbocycles. The Labute approximate surface area is 72.5 Å². The van der Waals surface area contributed by atoms with Gasteiger partial charge in [-0.3, -0.25) is 0 Å². The van der Waals surface area contributed by atoms with Crippen LogP contribution in [0.2, 0.25) is 5.54 Å². The molecule has 0 spiro atoms. The number of ether oxygens (including phenoxy) is 2. The van der Waals surface area contributed by atoms with Crippen molar-refractivity contribution in [2.45, 2.75) is 24.4 Å². The predicted octanol–water partition coefficient (Wildman–Crippen LogP) is 0.362. The minimum absolute atomic E-state index is 0.268. The molecule has 0 aliphatic rings. The zero-order valence-electron chi connectivity index (χ0n) is 7.26. The maximum absolute atomic E-state index is 12.7. The van der Waals surface area contributed by atoms with E-state index >= 15 is 0 Å². The lowest BCUT2D eigenvalue weighted by molar-refractivity contribution is -0.125. The van der Waals surface area contributed by atoms with Crippen LogP contribution < -0.4 is 0 Å². The van der Waals surface area contributed by atoms with Gasteiger partial charge in [0.2, 0.25) is 0 Å². The highest BCUT2D eigenvalue weighted by molar-refractivity contribution is 6.12. The number of hydrogen-bond acceptors (Lipinski definition) is 2. The maximum Gasteiger partial charge on any atom is 0.269 e. The van der Waals surface area contributed by atoms with Gasteiger partial charge in [0.05, 0.1) is 0 Å². The first-order valence-corrected chi connectivity index (χ1v) is 4.67. The Morgan fingerprint density at radius 2 is 1.50 bits per heavy atom. The zero-order chi connectivity index (χ0) is 9.72. The minimum Gasteiger partial charge on any atom is -0.356 e. The van der Waals surface area contributed by atoms with E-state index in [1.807, 2.05) is 0 Å². The van der Waals surface area contributed by atoms with Crippen LogP contribution in [-0.4, -0.2) is 43.3 Å². The molecule has 0 bridgehead atoms. The summed E-state index contributed by atoms with van der Waals surface area (Å²) in [6.45, 7) is 0. The maximum atomic E-state index is 12.7. The molecule has 0 amide bonds. The summed E-state index contributed by atoms with van der Waals surface area (Å²) in [4.78, 5) is 0. The van der Waals surface area contributed by atoms with Crippen LogP contribution in [-0.2, 0) is 9.47 Å². The molecule has 0 aliphatic heterocycles. The Morgan fingerprint density at radius 3 is 1.75 bits per heavy atom. The van der Waals surface area contributed by atoms with Crippen LogP contribution in [0, 0.1) is 0 Å². The fraction of sp³-hybridized carbons (Fsp3) is 1.00. The van der Waals surface area contributed by atoms with Crippen LogP contribution in [0.5, 0.6) is 0 Å². The van der Waals surface area contributed by atoms with Gasteiger partial charge in [-0.2, -0.15) is 0 Å². The van der Waals surface area contributed by atoms with Gasteiger partial charge < -0.3 is 9.47 Å². The summed E-state index contributed by atoms with van der Waals surface area (Å²) in [7, 11) is 2.87. The van der Waals surface area contributed by atoms with Gasteiger partial charge in [-0.05, 0) is 0 Å². The molecule has 0 radical (unpaired) electrons. The van der Waals surface area contributed by atoms with E-state index in [0.717, 1.165) is 0 Å². The van der Waals surface area contributed by atoms with Crippen molar-refractivity contribution in [3.05, 3.63) is 0 Å². The van der Waals surface area contributed by atoms with E-state index in [4.69, 9.17) is 0 Å². The molecule has 74 valence electrons. The fourth-order valence-corrected chi connectivity index (χ4v) is 1.74. The highest BCUT2D eigenvalue weighted by Gasteiger charge is 2.32. The van der Waals surface area contributed by atoms with Crippen LogP contribution in [0.3, 0.4) is 0 Å². The van der Waals surface area contributed by atoms with Crippen molar-refractivity contribution >= 4 is 10.2 Å². The summed E-state index contributed by atoms with van der Waals surface area (Å²) in [5, 5.41) is 0. The average molecular weight is 202 g/mol. The lowest BCUT2D eigenvalue weighted by Crippen LogP contribution is -2.31. The zero-order valence-corrected chi connectivity index (χ0v) is 9.26. The molecule has 0 rings (SSSR count). The van der Waals surface area contributed by atoms with Crippen molar-refractivity contribution in [1.29, 1.82) is 0 Å². The molecule has 0 heterocycles. The molecule has 0 saturated heterocycles. The molecule has 0 N–H and O–H groups in total. The van der Waals surface area contributed by atoms with E-state index in [-0.39, 0.29) is 10.2 Å². The first kappa shape index (κ1) is 11.9. The summed E-state index contributed by atoms with van der Waals surface area (Å²) in [5.41, 5.74) is -0.833. The van der Waals surface area contributed by atoms with Gasteiger partial charge in [0, 0.05) is 30.0 Å². The van der Waals surface area contributed by atoms with Crippen LogP contribution in [0.1, 0.15) is 0 Å². The first-order chi connectivity index (χ1) is 5.54. The molecule has 2 atom stereocenters. The van der Waals surface area contributed by atoms with Crippen molar-refractivity contribution in [2.75, 3.05) is 14.2 Å². The standard InChI is InChI=1S/C6H13F3O2Si/c1-10-6(11-2)4(12)3(7)5(8)9/h3-6H,1-2,12H3. The Kier molecular flexibility index (Phi) is 5.52. The molecule has 6 heteroatoms. The van der Waals surface area contributed by atoms with Crippen molar-refractivity contribution in [3.63, 3.8) is 0 Å². The van der Waals surface area contributed by atoms with Gasteiger partial charge >= 0.3 is 0 Å². The Balaban J connectivity index is 4.05. The Hall–Kier alpha value is -0.0731. The number of halogens is 3. The molecule has 2 nitrogen and oxygen atoms in total. The summed E-state index contributed by atoms with van der Waals surface area (Å²) in [6, 6.07) is 0. The van der Waals surface area contributed by atoms with E-state index in [9.17, 15) is 13.2 Å². The molecular weight excluding hydrogens is 189 g/mol. The quantitative estimate of drug-likeness (QED) is 0.473.